The fourth-order valence-corrected chi connectivity index (χ4v) is 2.83. The molecule has 2 rings (SSSR count). The van der Waals surface area contributed by atoms with Crippen molar-refractivity contribution in [1.82, 2.24) is 9.80 Å². The molecule has 0 saturated carbocycles. The fourth-order valence-electron chi connectivity index (χ4n) is 2.83. The number of likely N-dealkylation sites (tertiary alicyclic amines) is 1. The quantitative estimate of drug-likeness (QED) is 0.754. The van der Waals surface area contributed by atoms with Crippen LogP contribution < -0.4 is 5.73 Å². The van der Waals surface area contributed by atoms with Gasteiger partial charge in [-0.1, -0.05) is 0 Å². The summed E-state index contributed by atoms with van der Waals surface area (Å²) in [4.78, 5) is 16.6. The number of carbonyl (C=O) groups is 1. The van der Waals surface area contributed by atoms with E-state index >= 15 is 0 Å². The SMILES string of the molecule is NCCCC(=O)N1CCCC1CN1CCOCC1. The maximum Gasteiger partial charge on any atom is 0.222 e. The van der Waals surface area contributed by atoms with Gasteiger partial charge in [0.1, 0.15) is 0 Å². The van der Waals surface area contributed by atoms with Gasteiger partial charge >= 0.3 is 0 Å². The summed E-state index contributed by atoms with van der Waals surface area (Å²) in [6, 6.07) is 0.411. The van der Waals surface area contributed by atoms with Crippen molar-refractivity contribution in [2.45, 2.75) is 31.7 Å². The first-order valence-electron chi connectivity index (χ1n) is 7.11. The Morgan fingerprint density at radius 3 is 2.78 bits per heavy atom. The van der Waals surface area contributed by atoms with E-state index in [2.05, 4.69) is 9.80 Å². The van der Waals surface area contributed by atoms with E-state index in [0.717, 1.165) is 58.7 Å². The Bertz CT molecular complexity index is 267. The lowest BCUT2D eigenvalue weighted by Gasteiger charge is -2.33. The summed E-state index contributed by atoms with van der Waals surface area (Å²) in [5.74, 6) is 0.288. The molecule has 18 heavy (non-hydrogen) atoms. The third-order valence-corrected chi connectivity index (χ3v) is 3.86. The van der Waals surface area contributed by atoms with Crippen molar-refractivity contribution in [3.8, 4) is 0 Å². The van der Waals surface area contributed by atoms with E-state index in [0.29, 0.717) is 19.0 Å². The van der Waals surface area contributed by atoms with Crippen LogP contribution in [0.15, 0.2) is 0 Å². The maximum atomic E-state index is 12.1. The molecule has 2 N–H and O–H groups in total. The van der Waals surface area contributed by atoms with Crippen molar-refractivity contribution in [2.24, 2.45) is 5.73 Å². The highest BCUT2D eigenvalue weighted by atomic mass is 16.5. The molecule has 1 unspecified atom stereocenters. The average Bonchev–Trinajstić information content (AvgIpc) is 2.85. The predicted molar refractivity (Wildman–Crippen MR) is 70.3 cm³/mol. The molecule has 104 valence electrons. The number of hydrogen-bond donors (Lipinski definition) is 1. The van der Waals surface area contributed by atoms with Crippen LogP contribution in [0, 0.1) is 0 Å². The lowest BCUT2D eigenvalue weighted by atomic mass is 10.2. The topological polar surface area (TPSA) is 58.8 Å². The summed E-state index contributed by atoms with van der Waals surface area (Å²) in [6.45, 7) is 6.20. The molecule has 5 nitrogen and oxygen atoms in total. The van der Waals surface area contributed by atoms with Gasteiger partial charge in [0.15, 0.2) is 0 Å². The molecule has 0 aromatic rings. The van der Waals surface area contributed by atoms with Crippen molar-refractivity contribution in [2.75, 3.05) is 45.9 Å². The summed E-state index contributed by atoms with van der Waals surface area (Å²) in [5, 5.41) is 0. The van der Waals surface area contributed by atoms with E-state index in [9.17, 15) is 4.79 Å². The van der Waals surface area contributed by atoms with E-state index in [1.165, 1.54) is 0 Å². The number of morpholine rings is 1. The number of ether oxygens (including phenoxy) is 1. The molecule has 0 aromatic heterocycles. The molecule has 1 atom stereocenters. The fraction of sp³-hybridized carbons (Fsp3) is 0.923. The Balaban J connectivity index is 1.80. The molecule has 2 saturated heterocycles. The highest BCUT2D eigenvalue weighted by Gasteiger charge is 2.29. The second kappa shape index (κ2) is 7.07. The average molecular weight is 255 g/mol. The molecule has 2 aliphatic heterocycles. The Morgan fingerprint density at radius 2 is 2.06 bits per heavy atom. The first-order chi connectivity index (χ1) is 8.81. The molecule has 1 amide bonds. The van der Waals surface area contributed by atoms with Crippen molar-refractivity contribution in [3.05, 3.63) is 0 Å². The van der Waals surface area contributed by atoms with Crippen LogP contribution >= 0.6 is 0 Å². The number of hydrogen-bond acceptors (Lipinski definition) is 4. The van der Waals surface area contributed by atoms with E-state index in [4.69, 9.17) is 10.5 Å². The molecule has 5 heteroatoms. The van der Waals surface area contributed by atoms with E-state index in [1.54, 1.807) is 0 Å². The Labute approximate surface area is 109 Å². The standard InChI is InChI=1S/C13H25N3O2/c14-5-1-4-13(17)16-6-2-3-12(16)11-15-7-9-18-10-8-15/h12H,1-11,14H2. The van der Waals surface area contributed by atoms with Crippen LogP contribution in [0.4, 0.5) is 0 Å². The highest BCUT2D eigenvalue weighted by molar-refractivity contribution is 5.76. The number of rotatable bonds is 5. The number of nitrogens with two attached hydrogens (primary N) is 1. The first-order valence-corrected chi connectivity index (χ1v) is 7.11. The molecule has 0 aliphatic carbocycles. The van der Waals surface area contributed by atoms with Crippen LogP contribution in [0.1, 0.15) is 25.7 Å². The second-order valence-corrected chi connectivity index (χ2v) is 5.19. The third kappa shape index (κ3) is 3.67. The van der Waals surface area contributed by atoms with Crippen LogP contribution in [-0.2, 0) is 9.53 Å². The van der Waals surface area contributed by atoms with Gasteiger partial charge in [-0.3, -0.25) is 9.69 Å². The Kier molecular flexibility index (Phi) is 5.41. The number of nitrogens with zero attached hydrogens (tertiary/aromatic N) is 2. The third-order valence-electron chi connectivity index (χ3n) is 3.86. The van der Waals surface area contributed by atoms with Gasteiger partial charge in [0.2, 0.25) is 5.91 Å². The molecule has 0 spiro atoms. The van der Waals surface area contributed by atoms with Gasteiger partial charge in [0.25, 0.3) is 0 Å². The zero-order valence-electron chi connectivity index (χ0n) is 11.1. The van der Waals surface area contributed by atoms with Gasteiger partial charge < -0.3 is 15.4 Å². The van der Waals surface area contributed by atoms with Crippen LogP contribution in [0.25, 0.3) is 0 Å². The second-order valence-electron chi connectivity index (χ2n) is 5.19. The lowest BCUT2D eigenvalue weighted by molar-refractivity contribution is -0.132. The van der Waals surface area contributed by atoms with E-state index in [-0.39, 0.29) is 5.91 Å². The molecule has 0 aromatic carbocycles. The zero-order chi connectivity index (χ0) is 12.8. The van der Waals surface area contributed by atoms with Gasteiger partial charge in [0, 0.05) is 38.6 Å². The molecule has 2 fully saturated rings. The monoisotopic (exact) mass is 255 g/mol. The van der Waals surface area contributed by atoms with Crippen LogP contribution in [0.3, 0.4) is 0 Å². The van der Waals surface area contributed by atoms with Gasteiger partial charge in [-0.05, 0) is 25.8 Å². The zero-order valence-corrected chi connectivity index (χ0v) is 11.1. The summed E-state index contributed by atoms with van der Waals surface area (Å²) in [6.07, 6.45) is 3.70. The smallest absolute Gasteiger partial charge is 0.222 e. The largest absolute Gasteiger partial charge is 0.379 e. The predicted octanol–water partition coefficient (Wildman–Crippen LogP) is 0.0485. The first kappa shape index (κ1) is 13.8. The van der Waals surface area contributed by atoms with Crippen LogP contribution in [0.2, 0.25) is 0 Å². The minimum Gasteiger partial charge on any atom is -0.379 e. The summed E-state index contributed by atoms with van der Waals surface area (Å²) in [7, 11) is 0. The van der Waals surface area contributed by atoms with Crippen molar-refractivity contribution < 1.29 is 9.53 Å². The van der Waals surface area contributed by atoms with Gasteiger partial charge in [-0.2, -0.15) is 0 Å². The molecule has 2 heterocycles. The minimum absolute atomic E-state index is 0.288. The Morgan fingerprint density at radius 1 is 1.28 bits per heavy atom. The van der Waals surface area contributed by atoms with E-state index in [1.807, 2.05) is 0 Å². The summed E-state index contributed by atoms with van der Waals surface area (Å²) >= 11 is 0. The van der Waals surface area contributed by atoms with Gasteiger partial charge in [-0.15, -0.1) is 0 Å². The van der Waals surface area contributed by atoms with Crippen molar-refractivity contribution >= 4 is 5.91 Å². The minimum atomic E-state index is 0.288. The normalized spacial score (nSPS) is 25.6. The lowest BCUT2D eigenvalue weighted by Crippen LogP contribution is -2.46. The Hall–Kier alpha value is -0.650. The van der Waals surface area contributed by atoms with Crippen LogP contribution in [-0.4, -0.2) is 67.7 Å². The van der Waals surface area contributed by atoms with Crippen molar-refractivity contribution in [3.63, 3.8) is 0 Å². The maximum absolute atomic E-state index is 12.1. The molecular weight excluding hydrogens is 230 g/mol. The number of carbonyl (C=O) groups excluding carboxylic acids is 1. The van der Waals surface area contributed by atoms with Gasteiger partial charge in [-0.25, -0.2) is 0 Å². The molecular formula is C13H25N3O2. The van der Waals surface area contributed by atoms with Crippen molar-refractivity contribution in [1.29, 1.82) is 0 Å². The summed E-state index contributed by atoms with van der Waals surface area (Å²) in [5.41, 5.74) is 5.47. The van der Waals surface area contributed by atoms with Gasteiger partial charge in [0.05, 0.1) is 13.2 Å². The molecule has 0 radical (unpaired) electrons. The summed E-state index contributed by atoms with van der Waals surface area (Å²) < 4.78 is 5.36. The highest BCUT2D eigenvalue weighted by Crippen LogP contribution is 2.20. The number of amides is 1. The molecule has 0 bridgehead atoms. The van der Waals surface area contributed by atoms with E-state index < -0.39 is 0 Å². The van der Waals surface area contributed by atoms with Crippen LogP contribution in [0.5, 0.6) is 0 Å². The molecule has 2 aliphatic rings.